The molecule has 1 aromatic heterocycles. The number of ether oxygens (including phenoxy) is 3. The van der Waals surface area contributed by atoms with E-state index in [1.54, 1.807) is 17.0 Å². The van der Waals surface area contributed by atoms with Crippen LogP contribution in [0.3, 0.4) is 0 Å². The molecule has 0 bridgehead atoms. The van der Waals surface area contributed by atoms with E-state index in [1.165, 1.54) is 18.9 Å². The van der Waals surface area contributed by atoms with Crippen LogP contribution in [-0.4, -0.2) is 53.0 Å². The van der Waals surface area contributed by atoms with Crippen molar-refractivity contribution >= 4 is 23.8 Å². The first kappa shape index (κ1) is 26.0. The molecule has 0 spiro atoms. The average molecular weight is 487 g/mol. The number of aromatic nitrogens is 1. The summed E-state index contributed by atoms with van der Waals surface area (Å²) in [5, 5.41) is 0.508. The predicted molar refractivity (Wildman–Crippen MR) is 132 cm³/mol. The fraction of sp³-hybridized carbons (Fsp3) is 0.500. The number of hydrogen-bond acceptors (Lipinski definition) is 7. The van der Waals surface area contributed by atoms with Gasteiger partial charge in [-0.15, -0.1) is 0 Å². The quantitative estimate of drug-likeness (QED) is 0.379. The minimum absolute atomic E-state index is 0.0913. The van der Waals surface area contributed by atoms with Gasteiger partial charge in [-0.3, -0.25) is 4.90 Å². The van der Waals surface area contributed by atoms with Crippen LogP contribution in [0.2, 0.25) is 0 Å². The number of methoxy groups -OCH3 is 1. The fourth-order valence-electron chi connectivity index (χ4n) is 3.93. The summed E-state index contributed by atoms with van der Waals surface area (Å²) >= 11 is 1.49. The molecule has 0 aliphatic carbocycles. The summed E-state index contributed by atoms with van der Waals surface area (Å²) in [5.74, 6) is -0.428. The number of amides is 1. The molecule has 3 rings (SSSR count). The van der Waals surface area contributed by atoms with Crippen LogP contribution in [0.15, 0.2) is 47.5 Å². The molecule has 1 fully saturated rings. The number of esters is 1. The standard InChI is InChI=1S/C26H34N2O5S/c1-17-13-14-20(23(29)31-7)22(27-17)34-21(18-11-9-8-10-12-18)15-19-16-32-26(5,6)28(19)24(30)33-25(2,3)4/h8-14,19,21H,15-16H2,1-7H3/t19-,21+/m0/s1. The number of nitrogens with zero attached hydrogens (tertiary/aromatic N) is 2. The van der Waals surface area contributed by atoms with Crippen LogP contribution < -0.4 is 0 Å². The second kappa shape index (κ2) is 10.4. The van der Waals surface area contributed by atoms with Crippen molar-refractivity contribution in [1.29, 1.82) is 0 Å². The van der Waals surface area contributed by atoms with Crippen LogP contribution in [-0.2, 0) is 14.2 Å². The van der Waals surface area contributed by atoms with Gasteiger partial charge in [0.25, 0.3) is 0 Å². The molecule has 2 atom stereocenters. The lowest BCUT2D eigenvalue weighted by Gasteiger charge is -2.36. The Balaban J connectivity index is 1.95. The first-order valence-corrected chi connectivity index (χ1v) is 12.2. The van der Waals surface area contributed by atoms with Crippen molar-refractivity contribution < 1.29 is 23.8 Å². The van der Waals surface area contributed by atoms with Gasteiger partial charge in [0.05, 0.1) is 25.3 Å². The number of aryl methyl sites for hydroxylation is 1. The van der Waals surface area contributed by atoms with Crippen LogP contribution in [0.1, 0.15) is 67.9 Å². The monoisotopic (exact) mass is 486 g/mol. The number of thioether (sulfide) groups is 1. The third-order valence-electron chi connectivity index (χ3n) is 5.48. The molecule has 7 nitrogen and oxygen atoms in total. The number of carbonyl (C=O) groups is 2. The summed E-state index contributed by atoms with van der Waals surface area (Å²) in [6, 6.07) is 13.3. The summed E-state index contributed by atoms with van der Waals surface area (Å²) in [6.45, 7) is 11.6. The molecule has 2 aromatic rings. The highest BCUT2D eigenvalue weighted by Gasteiger charge is 2.46. The Bertz CT molecular complexity index is 1020. The number of hydrogen-bond donors (Lipinski definition) is 0. The number of benzene rings is 1. The maximum atomic E-state index is 13.1. The zero-order valence-corrected chi connectivity index (χ0v) is 21.8. The summed E-state index contributed by atoms with van der Waals surface area (Å²) in [6.07, 6.45) is 0.189. The Morgan fingerprint density at radius 1 is 1.21 bits per heavy atom. The highest BCUT2D eigenvalue weighted by Crippen LogP contribution is 2.43. The normalized spacial score (nSPS) is 18.4. The van der Waals surface area contributed by atoms with Crippen LogP contribution in [0.4, 0.5) is 4.79 Å². The maximum absolute atomic E-state index is 13.1. The van der Waals surface area contributed by atoms with E-state index in [0.29, 0.717) is 23.6 Å². The number of pyridine rings is 1. The van der Waals surface area contributed by atoms with Gasteiger partial charge in [-0.2, -0.15) is 0 Å². The molecule has 1 saturated heterocycles. The lowest BCUT2D eigenvalue weighted by atomic mass is 10.0. The molecular weight excluding hydrogens is 452 g/mol. The summed E-state index contributed by atoms with van der Waals surface area (Å²) in [7, 11) is 1.36. The van der Waals surface area contributed by atoms with E-state index >= 15 is 0 Å². The second-order valence-electron chi connectivity index (χ2n) is 9.81. The molecule has 0 unspecified atom stereocenters. The van der Waals surface area contributed by atoms with Crippen molar-refractivity contribution in [3.05, 3.63) is 59.3 Å². The van der Waals surface area contributed by atoms with Crippen molar-refractivity contribution in [2.45, 2.75) is 75.6 Å². The molecule has 0 radical (unpaired) electrons. The van der Waals surface area contributed by atoms with E-state index in [4.69, 9.17) is 14.2 Å². The second-order valence-corrected chi connectivity index (χ2v) is 11.0. The molecule has 8 heteroatoms. The Kier molecular flexibility index (Phi) is 7.93. The largest absolute Gasteiger partial charge is 0.465 e. The maximum Gasteiger partial charge on any atom is 0.412 e. The van der Waals surface area contributed by atoms with E-state index in [9.17, 15) is 9.59 Å². The van der Waals surface area contributed by atoms with Gasteiger partial charge in [-0.05, 0) is 65.7 Å². The zero-order chi connectivity index (χ0) is 25.1. The molecule has 1 aromatic carbocycles. The van der Waals surface area contributed by atoms with Gasteiger partial charge in [-0.1, -0.05) is 42.1 Å². The van der Waals surface area contributed by atoms with Crippen LogP contribution >= 0.6 is 11.8 Å². The molecular formula is C26H34N2O5S. The topological polar surface area (TPSA) is 78.0 Å². The number of carbonyl (C=O) groups excluding carboxylic acids is 2. The minimum atomic E-state index is -0.794. The van der Waals surface area contributed by atoms with Gasteiger partial charge in [-0.25, -0.2) is 14.6 Å². The van der Waals surface area contributed by atoms with Gasteiger partial charge in [0.1, 0.15) is 16.4 Å². The first-order valence-electron chi connectivity index (χ1n) is 11.3. The van der Waals surface area contributed by atoms with Crippen LogP contribution in [0.25, 0.3) is 0 Å². The molecule has 34 heavy (non-hydrogen) atoms. The zero-order valence-electron chi connectivity index (χ0n) is 21.0. The van der Waals surface area contributed by atoms with E-state index < -0.39 is 23.4 Å². The Labute approximate surface area is 206 Å². The highest BCUT2D eigenvalue weighted by atomic mass is 32.2. The molecule has 2 heterocycles. The molecule has 0 N–H and O–H groups in total. The van der Waals surface area contributed by atoms with Crippen molar-refractivity contribution in [2.75, 3.05) is 13.7 Å². The van der Waals surface area contributed by atoms with Gasteiger partial charge in [0.15, 0.2) is 0 Å². The van der Waals surface area contributed by atoms with Crippen molar-refractivity contribution in [2.24, 2.45) is 0 Å². The highest BCUT2D eigenvalue weighted by molar-refractivity contribution is 7.99. The molecule has 184 valence electrons. The van der Waals surface area contributed by atoms with E-state index in [2.05, 4.69) is 4.98 Å². The Morgan fingerprint density at radius 2 is 1.88 bits per heavy atom. The fourth-order valence-corrected chi connectivity index (χ4v) is 5.28. The summed E-state index contributed by atoms with van der Waals surface area (Å²) in [5.41, 5.74) is 0.890. The van der Waals surface area contributed by atoms with E-state index in [-0.39, 0.29) is 11.3 Å². The van der Waals surface area contributed by atoms with Gasteiger partial charge >= 0.3 is 12.1 Å². The van der Waals surface area contributed by atoms with Gasteiger partial charge in [0, 0.05) is 10.9 Å². The minimum Gasteiger partial charge on any atom is -0.465 e. The molecule has 0 saturated carbocycles. The van der Waals surface area contributed by atoms with Gasteiger partial charge < -0.3 is 14.2 Å². The number of rotatable bonds is 6. The predicted octanol–water partition coefficient (Wildman–Crippen LogP) is 5.77. The lowest BCUT2D eigenvalue weighted by Crippen LogP contribution is -2.50. The first-order chi connectivity index (χ1) is 15.9. The smallest absolute Gasteiger partial charge is 0.412 e. The molecule has 1 aliphatic heterocycles. The third-order valence-corrected chi connectivity index (χ3v) is 6.76. The van der Waals surface area contributed by atoms with E-state index in [1.807, 2.05) is 71.9 Å². The molecule has 1 amide bonds. The average Bonchev–Trinajstić information content (AvgIpc) is 3.06. The van der Waals surface area contributed by atoms with Crippen LogP contribution in [0.5, 0.6) is 0 Å². The van der Waals surface area contributed by atoms with Crippen molar-refractivity contribution in [3.63, 3.8) is 0 Å². The third kappa shape index (κ3) is 6.30. The summed E-state index contributed by atoms with van der Waals surface area (Å²) < 4.78 is 16.7. The van der Waals surface area contributed by atoms with Crippen molar-refractivity contribution in [3.8, 4) is 0 Å². The van der Waals surface area contributed by atoms with Crippen molar-refractivity contribution in [1.82, 2.24) is 9.88 Å². The molecule has 1 aliphatic rings. The summed E-state index contributed by atoms with van der Waals surface area (Å²) in [4.78, 5) is 31.9. The Hall–Kier alpha value is -2.58. The SMILES string of the molecule is COC(=O)c1ccc(C)nc1S[C@H](C[C@H]1COC(C)(C)N1C(=O)OC(C)(C)C)c1ccccc1. The van der Waals surface area contributed by atoms with Gasteiger partial charge in [0.2, 0.25) is 0 Å². The lowest BCUT2D eigenvalue weighted by molar-refractivity contribution is -0.0626. The Morgan fingerprint density at radius 3 is 2.50 bits per heavy atom. The van der Waals surface area contributed by atoms with Crippen LogP contribution in [0, 0.1) is 6.92 Å². The van der Waals surface area contributed by atoms with E-state index in [0.717, 1.165) is 11.3 Å².